The third kappa shape index (κ3) is 4.05. The van der Waals surface area contributed by atoms with Gasteiger partial charge >= 0.3 is 0 Å². The van der Waals surface area contributed by atoms with Crippen LogP contribution in [0.15, 0.2) is 0 Å². The van der Waals surface area contributed by atoms with E-state index in [4.69, 9.17) is 10.8 Å². The van der Waals surface area contributed by atoms with Crippen LogP contribution < -0.4 is 11.9 Å². The Kier molecular flexibility index (Phi) is 5.17. The van der Waals surface area contributed by atoms with E-state index in [1.165, 1.54) is 0 Å². The van der Waals surface area contributed by atoms with Crippen LogP contribution in [-0.2, 0) is 0 Å². The molecule has 0 heterocycles. The summed E-state index contributed by atoms with van der Waals surface area (Å²) >= 11 is 0. The first-order chi connectivity index (χ1) is 3.12. The summed E-state index contributed by atoms with van der Waals surface area (Å²) < 4.78 is 0. The number of hydrogen-bond donors (Lipinski definition) is 3. The highest BCUT2D eigenvalue weighted by Crippen LogP contribution is 2.03. The Balaban J connectivity index is 0. The summed E-state index contributed by atoms with van der Waals surface area (Å²) in [6, 6.07) is 0. The minimum Gasteiger partial charge on any atom is -0.376 e. The van der Waals surface area contributed by atoms with Crippen molar-refractivity contribution < 1.29 is 5.11 Å². The first-order valence-electron chi connectivity index (χ1n) is 2.63. The second kappa shape index (κ2) is 3.83. The van der Waals surface area contributed by atoms with Gasteiger partial charge in [-0.15, -0.1) is 0 Å². The zero-order valence-electron chi connectivity index (χ0n) is 5.65. The van der Waals surface area contributed by atoms with Crippen molar-refractivity contribution in [2.24, 2.45) is 5.73 Å². The molecule has 3 nitrogen and oxygen atoms in total. The Morgan fingerprint density at radius 1 is 1.38 bits per heavy atom. The second-order valence-electron chi connectivity index (χ2n) is 1.81. The maximum Gasteiger partial charge on any atom is 0.113 e. The fraction of sp³-hybridized carbons (Fsp3) is 1.00. The summed E-state index contributed by atoms with van der Waals surface area (Å²) in [6.07, 6.45) is 1.26. The van der Waals surface area contributed by atoms with Crippen LogP contribution >= 0.6 is 0 Å². The van der Waals surface area contributed by atoms with Crippen molar-refractivity contribution in [1.29, 1.82) is 0 Å². The van der Waals surface area contributed by atoms with Gasteiger partial charge in [-0.25, -0.2) is 0 Å². The lowest BCUT2D eigenvalue weighted by Gasteiger charge is -2.17. The lowest BCUT2D eigenvalue weighted by Crippen LogP contribution is -2.37. The van der Waals surface area contributed by atoms with Crippen LogP contribution in [0.2, 0.25) is 0 Å². The van der Waals surface area contributed by atoms with Gasteiger partial charge in [-0.1, -0.05) is 13.8 Å². The topological polar surface area (TPSA) is 81.2 Å². The molecule has 0 aliphatic rings. The molecule has 0 aromatic rings. The summed E-state index contributed by atoms with van der Waals surface area (Å²) in [4.78, 5) is 0. The zero-order chi connectivity index (χ0) is 5.91. The zero-order valence-corrected chi connectivity index (χ0v) is 5.65. The highest BCUT2D eigenvalue weighted by atomic mass is 16.3. The average molecular weight is 120 g/mol. The largest absolute Gasteiger partial charge is 0.376 e. The predicted octanol–water partition coefficient (Wildman–Crippen LogP) is 0.616. The molecule has 6 N–H and O–H groups in total. The lowest BCUT2D eigenvalue weighted by molar-refractivity contribution is 0.0391. The van der Waals surface area contributed by atoms with Crippen molar-refractivity contribution in [2.45, 2.75) is 32.4 Å². The molecule has 0 aliphatic carbocycles. The molecule has 52 valence electrons. The Morgan fingerprint density at radius 3 is 1.62 bits per heavy atom. The van der Waals surface area contributed by atoms with Gasteiger partial charge in [0.15, 0.2) is 0 Å². The van der Waals surface area contributed by atoms with Gasteiger partial charge in [0, 0.05) is 0 Å². The molecule has 0 bridgehead atoms. The fourth-order valence-corrected chi connectivity index (χ4v) is 0.250. The Bertz CT molecular complexity index is 48.4. The first-order valence-corrected chi connectivity index (χ1v) is 2.63. The predicted molar refractivity (Wildman–Crippen MR) is 34.7 cm³/mol. The van der Waals surface area contributed by atoms with E-state index in [0.29, 0.717) is 12.8 Å². The van der Waals surface area contributed by atoms with E-state index in [0.717, 1.165) is 0 Å². The minimum absolute atomic E-state index is 0. The molecular weight excluding hydrogens is 104 g/mol. The maximum atomic E-state index is 8.91. The SMILES string of the molecule is CCC(N)(O)CC.N. The van der Waals surface area contributed by atoms with Crippen molar-refractivity contribution in [1.82, 2.24) is 6.15 Å². The molecule has 0 saturated carbocycles. The van der Waals surface area contributed by atoms with Gasteiger partial charge in [-0.3, -0.25) is 0 Å². The quantitative estimate of drug-likeness (QED) is 0.467. The van der Waals surface area contributed by atoms with Crippen LogP contribution in [0.3, 0.4) is 0 Å². The summed E-state index contributed by atoms with van der Waals surface area (Å²) in [7, 11) is 0. The van der Waals surface area contributed by atoms with E-state index < -0.39 is 5.72 Å². The van der Waals surface area contributed by atoms with Crippen LogP contribution in [0, 0.1) is 0 Å². The number of nitrogens with two attached hydrogens (primary N) is 1. The highest BCUT2D eigenvalue weighted by molar-refractivity contribution is 4.63. The van der Waals surface area contributed by atoms with Crippen LogP contribution in [0.25, 0.3) is 0 Å². The summed E-state index contributed by atoms with van der Waals surface area (Å²) in [6.45, 7) is 3.73. The molecule has 0 saturated heterocycles. The smallest absolute Gasteiger partial charge is 0.113 e. The molecule has 3 heteroatoms. The Labute approximate surface area is 50.5 Å². The van der Waals surface area contributed by atoms with Crippen molar-refractivity contribution in [3.8, 4) is 0 Å². The van der Waals surface area contributed by atoms with Crippen molar-refractivity contribution in [2.75, 3.05) is 0 Å². The van der Waals surface area contributed by atoms with Crippen molar-refractivity contribution >= 4 is 0 Å². The highest BCUT2D eigenvalue weighted by Gasteiger charge is 2.12. The van der Waals surface area contributed by atoms with Gasteiger partial charge in [-0.05, 0) is 12.8 Å². The van der Waals surface area contributed by atoms with Crippen LogP contribution in [0.4, 0.5) is 0 Å². The number of rotatable bonds is 2. The van der Waals surface area contributed by atoms with E-state index in [2.05, 4.69) is 0 Å². The van der Waals surface area contributed by atoms with Gasteiger partial charge in [0.2, 0.25) is 0 Å². The third-order valence-corrected chi connectivity index (χ3v) is 1.22. The summed E-state index contributed by atoms with van der Waals surface area (Å²) in [5, 5.41) is 8.91. The molecule has 0 rings (SSSR count). The van der Waals surface area contributed by atoms with E-state index >= 15 is 0 Å². The summed E-state index contributed by atoms with van der Waals surface area (Å²) in [5.41, 5.74) is 4.35. The fourth-order valence-electron chi connectivity index (χ4n) is 0.250. The second-order valence-corrected chi connectivity index (χ2v) is 1.81. The number of aliphatic hydroxyl groups is 1. The molecule has 0 aromatic carbocycles. The van der Waals surface area contributed by atoms with Crippen LogP contribution in [0.5, 0.6) is 0 Å². The van der Waals surface area contributed by atoms with Crippen molar-refractivity contribution in [3.05, 3.63) is 0 Å². The van der Waals surface area contributed by atoms with Gasteiger partial charge in [0.1, 0.15) is 5.72 Å². The molecule has 0 atom stereocenters. The maximum absolute atomic E-state index is 8.91. The minimum atomic E-state index is -0.917. The van der Waals surface area contributed by atoms with E-state index in [9.17, 15) is 0 Å². The molecule has 8 heavy (non-hydrogen) atoms. The van der Waals surface area contributed by atoms with E-state index in [-0.39, 0.29) is 6.15 Å². The first kappa shape index (κ1) is 10.8. The third-order valence-electron chi connectivity index (χ3n) is 1.22. The molecule has 0 radical (unpaired) electrons. The molecular formula is C5H16N2O. The standard InChI is InChI=1S/C5H13NO.H3N/c1-3-5(6,7)4-2;/h7H,3-4,6H2,1-2H3;1H3. The average Bonchev–Trinajstić information content (AvgIpc) is 1.68. The lowest BCUT2D eigenvalue weighted by atomic mass is 10.1. The van der Waals surface area contributed by atoms with Gasteiger partial charge in [0.05, 0.1) is 0 Å². The molecule has 0 aromatic heterocycles. The normalized spacial score (nSPS) is 10.5. The van der Waals surface area contributed by atoms with Gasteiger partial charge < -0.3 is 17.0 Å². The van der Waals surface area contributed by atoms with E-state index in [1.54, 1.807) is 0 Å². The van der Waals surface area contributed by atoms with Crippen molar-refractivity contribution in [3.63, 3.8) is 0 Å². The Hall–Kier alpha value is -0.120. The summed E-state index contributed by atoms with van der Waals surface area (Å²) in [5.74, 6) is 0. The number of hydrogen-bond acceptors (Lipinski definition) is 3. The van der Waals surface area contributed by atoms with Crippen LogP contribution in [-0.4, -0.2) is 10.8 Å². The monoisotopic (exact) mass is 120 g/mol. The van der Waals surface area contributed by atoms with Crippen LogP contribution in [0.1, 0.15) is 26.7 Å². The Morgan fingerprint density at radius 2 is 1.62 bits per heavy atom. The molecule has 0 fully saturated rings. The van der Waals surface area contributed by atoms with Gasteiger partial charge in [0.25, 0.3) is 0 Å². The molecule has 0 aliphatic heterocycles. The molecule has 0 amide bonds. The molecule has 0 spiro atoms. The van der Waals surface area contributed by atoms with Gasteiger partial charge in [-0.2, -0.15) is 0 Å². The molecule has 0 unspecified atom stereocenters. The van der Waals surface area contributed by atoms with E-state index in [1.807, 2.05) is 13.8 Å².